The molecule has 0 heterocycles. The minimum atomic E-state index is 0.319. The summed E-state index contributed by atoms with van der Waals surface area (Å²) in [5, 5.41) is 3.96. The maximum Gasteiger partial charge on any atom is 0.106 e. The summed E-state index contributed by atoms with van der Waals surface area (Å²) >= 11 is 11.1. The number of halogens is 1. The maximum atomic E-state index is 6.00. The van der Waals surface area contributed by atoms with E-state index in [0.717, 1.165) is 22.6 Å². The van der Waals surface area contributed by atoms with Gasteiger partial charge in [-0.3, -0.25) is 0 Å². The molecule has 2 aromatic rings. The van der Waals surface area contributed by atoms with Gasteiger partial charge in [0.2, 0.25) is 0 Å². The van der Waals surface area contributed by atoms with Crippen LogP contribution < -0.4 is 16.0 Å². The summed E-state index contributed by atoms with van der Waals surface area (Å²) in [6, 6.07) is 11.7. The molecule has 0 aliphatic rings. The van der Waals surface area contributed by atoms with Crippen molar-refractivity contribution in [3.63, 3.8) is 0 Å². The molecule has 0 unspecified atom stereocenters. The van der Waals surface area contributed by atoms with Gasteiger partial charge in [0.05, 0.1) is 0 Å². The van der Waals surface area contributed by atoms with Crippen LogP contribution >= 0.6 is 23.8 Å². The van der Waals surface area contributed by atoms with E-state index < -0.39 is 0 Å². The highest BCUT2D eigenvalue weighted by Crippen LogP contribution is 2.28. The van der Waals surface area contributed by atoms with Crippen molar-refractivity contribution in [2.75, 3.05) is 24.3 Å². The molecule has 0 saturated carbocycles. The van der Waals surface area contributed by atoms with Gasteiger partial charge in [-0.2, -0.15) is 0 Å². The highest BCUT2D eigenvalue weighted by atomic mass is 35.5. The number of aryl methyl sites for hydroxylation is 1. The lowest BCUT2D eigenvalue weighted by Crippen LogP contribution is -2.13. The molecule has 0 aromatic heterocycles. The van der Waals surface area contributed by atoms with Gasteiger partial charge in [-0.1, -0.05) is 29.9 Å². The summed E-state index contributed by atoms with van der Waals surface area (Å²) in [7, 11) is 4.05. The lowest BCUT2D eigenvalue weighted by molar-refractivity contribution is 1.11. The Morgan fingerprint density at radius 3 is 2.52 bits per heavy atom. The van der Waals surface area contributed by atoms with Crippen LogP contribution in [0.25, 0.3) is 0 Å². The minimum absolute atomic E-state index is 0.319. The second-order valence-electron chi connectivity index (χ2n) is 5.07. The van der Waals surface area contributed by atoms with Crippen LogP contribution in [-0.4, -0.2) is 19.1 Å². The molecule has 5 heteroatoms. The van der Waals surface area contributed by atoms with Crippen molar-refractivity contribution in [3.8, 4) is 0 Å². The Balaban J connectivity index is 2.39. The van der Waals surface area contributed by atoms with Gasteiger partial charge in [0, 0.05) is 41.7 Å². The van der Waals surface area contributed by atoms with Crippen LogP contribution in [0.4, 0.5) is 17.1 Å². The summed E-state index contributed by atoms with van der Waals surface area (Å²) in [6.07, 6.45) is 0. The predicted molar refractivity (Wildman–Crippen MR) is 96.1 cm³/mol. The Morgan fingerprint density at radius 2 is 1.90 bits per heavy atom. The van der Waals surface area contributed by atoms with E-state index in [9.17, 15) is 0 Å². The van der Waals surface area contributed by atoms with E-state index >= 15 is 0 Å². The third-order valence-corrected chi connectivity index (χ3v) is 3.67. The van der Waals surface area contributed by atoms with Gasteiger partial charge in [-0.25, -0.2) is 0 Å². The number of rotatable bonds is 4. The van der Waals surface area contributed by atoms with E-state index in [0.29, 0.717) is 10.0 Å². The molecular formula is C16H18ClN3S. The Labute approximate surface area is 135 Å². The monoisotopic (exact) mass is 319 g/mol. The third-order valence-electron chi connectivity index (χ3n) is 3.22. The smallest absolute Gasteiger partial charge is 0.106 e. The van der Waals surface area contributed by atoms with Crippen molar-refractivity contribution in [1.82, 2.24) is 0 Å². The summed E-state index contributed by atoms with van der Waals surface area (Å²) in [6.45, 7) is 2.09. The lowest BCUT2D eigenvalue weighted by atomic mass is 10.1. The molecule has 0 aliphatic carbocycles. The molecule has 0 amide bonds. The van der Waals surface area contributed by atoms with Gasteiger partial charge in [-0.15, -0.1) is 0 Å². The summed E-state index contributed by atoms with van der Waals surface area (Å²) in [5.41, 5.74) is 10.7. The SMILES string of the molecule is Cc1ccc(Nc2ccc(Cl)cc2C(N)=S)cc1N(C)C. The third kappa shape index (κ3) is 3.65. The van der Waals surface area contributed by atoms with Crippen molar-refractivity contribution in [3.05, 3.63) is 52.5 Å². The highest BCUT2D eigenvalue weighted by molar-refractivity contribution is 7.80. The van der Waals surface area contributed by atoms with Crippen LogP contribution in [0.1, 0.15) is 11.1 Å². The predicted octanol–water partition coefficient (Wildman–Crippen LogP) is 4.09. The van der Waals surface area contributed by atoms with Crippen LogP contribution in [-0.2, 0) is 0 Å². The second-order valence-corrected chi connectivity index (χ2v) is 5.95. The fourth-order valence-corrected chi connectivity index (χ4v) is 2.49. The molecule has 2 aromatic carbocycles. The molecule has 0 saturated heterocycles. The van der Waals surface area contributed by atoms with Gasteiger partial charge in [0.1, 0.15) is 4.99 Å². The van der Waals surface area contributed by atoms with Crippen molar-refractivity contribution < 1.29 is 0 Å². The van der Waals surface area contributed by atoms with Crippen molar-refractivity contribution in [2.45, 2.75) is 6.92 Å². The molecule has 2 rings (SSSR count). The van der Waals surface area contributed by atoms with Gasteiger partial charge >= 0.3 is 0 Å². The van der Waals surface area contributed by atoms with Crippen LogP contribution in [0.5, 0.6) is 0 Å². The summed E-state index contributed by atoms with van der Waals surface area (Å²) in [5.74, 6) is 0. The fourth-order valence-electron chi connectivity index (χ4n) is 2.15. The number of nitrogens with zero attached hydrogens (tertiary/aromatic N) is 1. The number of hydrogen-bond acceptors (Lipinski definition) is 3. The molecule has 0 spiro atoms. The van der Waals surface area contributed by atoms with Crippen LogP contribution in [0.2, 0.25) is 5.02 Å². The van der Waals surface area contributed by atoms with Crippen molar-refractivity contribution in [2.24, 2.45) is 5.73 Å². The average molecular weight is 320 g/mol. The zero-order valence-electron chi connectivity index (χ0n) is 12.3. The first kappa shape index (κ1) is 15.6. The second kappa shape index (κ2) is 6.33. The fraction of sp³-hybridized carbons (Fsp3) is 0.188. The van der Waals surface area contributed by atoms with E-state index in [2.05, 4.69) is 29.3 Å². The molecule has 0 aliphatic heterocycles. The minimum Gasteiger partial charge on any atom is -0.389 e. The zero-order valence-corrected chi connectivity index (χ0v) is 13.8. The number of benzene rings is 2. The van der Waals surface area contributed by atoms with E-state index in [1.54, 1.807) is 6.07 Å². The first-order valence-corrected chi connectivity index (χ1v) is 7.31. The van der Waals surface area contributed by atoms with E-state index in [1.165, 1.54) is 5.56 Å². The lowest BCUT2D eigenvalue weighted by Gasteiger charge is -2.18. The van der Waals surface area contributed by atoms with Crippen molar-refractivity contribution in [1.29, 1.82) is 0 Å². The summed E-state index contributed by atoms with van der Waals surface area (Å²) in [4.78, 5) is 2.40. The van der Waals surface area contributed by atoms with E-state index in [1.807, 2.05) is 32.3 Å². The maximum absolute atomic E-state index is 6.00. The standard InChI is InChI=1S/C16H18ClN3S/c1-10-4-6-12(9-15(10)20(2)3)19-14-7-5-11(17)8-13(14)16(18)21/h4-9,19H,1-3H3,(H2,18,21). The molecule has 21 heavy (non-hydrogen) atoms. The topological polar surface area (TPSA) is 41.3 Å². The molecular weight excluding hydrogens is 302 g/mol. The number of nitrogens with two attached hydrogens (primary N) is 1. The molecule has 110 valence electrons. The molecule has 0 bridgehead atoms. The molecule has 0 atom stereocenters. The van der Waals surface area contributed by atoms with Gasteiger partial charge in [0.25, 0.3) is 0 Å². The zero-order chi connectivity index (χ0) is 15.6. The Hall–Kier alpha value is -1.78. The number of thiocarbonyl (C=S) groups is 1. The highest BCUT2D eigenvalue weighted by Gasteiger charge is 2.08. The molecule has 0 fully saturated rings. The van der Waals surface area contributed by atoms with Crippen LogP contribution in [0.3, 0.4) is 0 Å². The largest absolute Gasteiger partial charge is 0.389 e. The average Bonchev–Trinajstić information content (AvgIpc) is 2.42. The number of anilines is 3. The van der Waals surface area contributed by atoms with Gasteiger partial charge in [-0.05, 0) is 42.8 Å². The Kier molecular flexibility index (Phi) is 4.70. The quantitative estimate of drug-likeness (QED) is 0.833. The van der Waals surface area contributed by atoms with Gasteiger partial charge in [0.15, 0.2) is 0 Å². The first-order chi connectivity index (χ1) is 9.88. The first-order valence-electron chi connectivity index (χ1n) is 6.53. The Morgan fingerprint density at radius 1 is 1.19 bits per heavy atom. The van der Waals surface area contributed by atoms with Gasteiger partial charge < -0.3 is 16.0 Å². The Bertz CT molecular complexity index is 683. The number of nitrogens with one attached hydrogen (secondary N) is 1. The molecule has 0 radical (unpaired) electrons. The summed E-state index contributed by atoms with van der Waals surface area (Å²) < 4.78 is 0. The number of hydrogen-bond donors (Lipinski definition) is 2. The molecule has 3 N–H and O–H groups in total. The normalized spacial score (nSPS) is 10.3. The van der Waals surface area contributed by atoms with E-state index in [4.69, 9.17) is 29.6 Å². The van der Waals surface area contributed by atoms with Crippen LogP contribution in [0, 0.1) is 6.92 Å². The molecule has 3 nitrogen and oxygen atoms in total. The van der Waals surface area contributed by atoms with Crippen molar-refractivity contribution >= 4 is 45.9 Å². The van der Waals surface area contributed by atoms with E-state index in [-0.39, 0.29) is 0 Å². The van der Waals surface area contributed by atoms with Crippen LogP contribution in [0.15, 0.2) is 36.4 Å².